The Hall–Kier alpha value is -2.16. The van der Waals surface area contributed by atoms with Gasteiger partial charge in [-0.3, -0.25) is 10.1 Å². The highest BCUT2D eigenvalue weighted by Gasteiger charge is 2.45. The first-order valence-corrected chi connectivity index (χ1v) is 7.11. The SMILES string of the molecule is O=[N+]([O-])c1ccc2c(c1)C1(CCCC1)c1ccccc1-2. The van der Waals surface area contributed by atoms with Gasteiger partial charge in [-0.15, -0.1) is 0 Å². The number of hydrogen-bond acceptors (Lipinski definition) is 2. The third kappa shape index (κ3) is 1.35. The third-order valence-electron chi connectivity index (χ3n) is 4.92. The normalized spacial score (nSPS) is 18.0. The van der Waals surface area contributed by atoms with Crippen molar-refractivity contribution in [1.29, 1.82) is 0 Å². The zero-order valence-corrected chi connectivity index (χ0v) is 11.1. The van der Waals surface area contributed by atoms with E-state index in [4.69, 9.17) is 0 Å². The zero-order chi connectivity index (χ0) is 13.7. The maximum Gasteiger partial charge on any atom is 0.269 e. The lowest BCUT2D eigenvalue weighted by atomic mass is 9.77. The highest BCUT2D eigenvalue weighted by atomic mass is 16.6. The lowest BCUT2D eigenvalue weighted by Crippen LogP contribution is -2.20. The molecule has 0 bridgehead atoms. The molecule has 0 unspecified atom stereocenters. The van der Waals surface area contributed by atoms with Crippen LogP contribution in [0.2, 0.25) is 0 Å². The Kier molecular flexibility index (Phi) is 2.28. The fourth-order valence-electron chi connectivity index (χ4n) is 4.07. The van der Waals surface area contributed by atoms with Crippen LogP contribution in [0.5, 0.6) is 0 Å². The van der Waals surface area contributed by atoms with Crippen LogP contribution in [0.25, 0.3) is 11.1 Å². The molecule has 20 heavy (non-hydrogen) atoms. The number of benzene rings is 2. The Labute approximate surface area is 117 Å². The van der Waals surface area contributed by atoms with Gasteiger partial charge in [0.15, 0.2) is 0 Å². The van der Waals surface area contributed by atoms with E-state index >= 15 is 0 Å². The highest BCUT2D eigenvalue weighted by Crippen LogP contribution is 2.57. The Balaban J connectivity index is 2.03. The minimum absolute atomic E-state index is 0.0257. The van der Waals surface area contributed by atoms with Crippen LogP contribution >= 0.6 is 0 Å². The van der Waals surface area contributed by atoms with E-state index in [9.17, 15) is 10.1 Å². The second-order valence-corrected chi connectivity index (χ2v) is 5.82. The summed E-state index contributed by atoms with van der Waals surface area (Å²) < 4.78 is 0. The van der Waals surface area contributed by atoms with Crippen molar-refractivity contribution in [1.82, 2.24) is 0 Å². The van der Waals surface area contributed by atoms with Crippen LogP contribution < -0.4 is 0 Å². The molecule has 0 N–H and O–H groups in total. The Morgan fingerprint density at radius 2 is 1.65 bits per heavy atom. The standard InChI is InChI=1S/C17H15NO2/c19-18(20)12-7-8-14-13-5-1-2-6-15(13)17(16(14)11-12)9-3-4-10-17/h1-2,5-8,11H,3-4,9-10H2. The van der Waals surface area contributed by atoms with Crippen molar-refractivity contribution in [2.45, 2.75) is 31.1 Å². The monoisotopic (exact) mass is 265 g/mol. The van der Waals surface area contributed by atoms with Crippen molar-refractivity contribution in [3.8, 4) is 11.1 Å². The number of rotatable bonds is 1. The number of non-ortho nitro benzene ring substituents is 1. The van der Waals surface area contributed by atoms with E-state index in [1.165, 1.54) is 35.1 Å². The molecule has 3 nitrogen and oxygen atoms in total. The van der Waals surface area contributed by atoms with Gasteiger partial charge in [0.1, 0.15) is 0 Å². The molecule has 0 heterocycles. The van der Waals surface area contributed by atoms with Gasteiger partial charge >= 0.3 is 0 Å². The number of hydrogen-bond donors (Lipinski definition) is 0. The van der Waals surface area contributed by atoms with E-state index in [-0.39, 0.29) is 16.0 Å². The summed E-state index contributed by atoms with van der Waals surface area (Å²) in [4.78, 5) is 10.8. The topological polar surface area (TPSA) is 43.1 Å². The first-order valence-electron chi connectivity index (χ1n) is 7.11. The number of nitrogens with zero attached hydrogens (tertiary/aromatic N) is 1. The van der Waals surface area contributed by atoms with Crippen LogP contribution in [0.1, 0.15) is 36.8 Å². The van der Waals surface area contributed by atoms with Gasteiger partial charge in [0.25, 0.3) is 5.69 Å². The molecule has 2 aromatic rings. The van der Waals surface area contributed by atoms with Gasteiger partial charge in [-0.25, -0.2) is 0 Å². The molecule has 3 heteroatoms. The molecule has 2 aliphatic carbocycles. The molecular weight excluding hydrogens is 250 g/mol. The summed E-state index contributed by atoms with van der Waals surface area (Å²) in [6.07, 6.45) is 4.63. The summed E-state index contributed by atoms with van der Waals surface area (Å²) in [5.41, 5.74) is 5.23. The van der Waals surface area contributed by atoms with Crippen LogP contribution in [0.3, 0.4) is 0 Å². The molecule has 2 aromatic carbocycles. The predicted octanol–water partition coefficient (Wildman–Crippen LogP) is 4.44. The summed E-state index contributed by atoms with van der Waals surface area (Å²) in [5.74, 6) is 0. The second kappa shape index (κ2) is 3.92. The van der Waals surface area contributed by atoms with Gasteiger partial charge in [-0.1, -0.05) is 37.1 Å². The Bertz CT molecular complexity index is 715. The molecule has 1 fully saturated rings. The minimum atomic E-state index is -0.286. The average Bonchev–Trinajstić information content (AvgIpc) is 3.06. The van der Waals surface area contributed by atoms with Gasteiger partial charge in [-0.2, -0.15) is 0 Å². The molecule has 2 aliphatic rings. The molecule has 0 saturated heterocycles. The van der Waals surface area contributed by atoms with Crippen LogP contribution in [0, 0.1) is 10.1 Å². The first kappa shape index (κ1) is 11.6. The average molecular weight is 265 g/mol. The van der Waals surface area contributed by atoms with Crippen molar-refractivity contribution >= 4 is 5.69 Å². The van der Waals surface area contributed by atoms with Crippen molar-refractivity contribution < 1.29 is 4.92 Å². The van der Waals surface area contributed by atoms with E-state index in [2.05, 4.69) is 24.3 Å². The quantitative estimate of drug-likeness (QED) is 0.565. The Morgan fingerprint density at radius 1 is 0.950 bits per heavy atom. The molecule has 100 valence electrons. The molecule has 0 aliphatic heterocycles. The van der Waals surface area contributed by atoms with Crippen molar-refractivity contribution in [3.05, 3.63) is 63.7 Å². The smallest absolute Gasteiger partial charge is 0.258 e. The van der Waals surface area contributed by atoms with Gasteiger partial charge in [0.05, 0.1) is 4.92 Å². The van der Waals surface area contributed by atoms with Gasteiger partial charge in [-0.05, 0) is 41.2 Å². The first-order chi connectivity index (χ1) is 9.72. The number of nitro groups is 1. The van der Waals surface area contributed by atoms with E-state index in [1.807, 2.05) is 6.07 Å². The van der Waals surface area contributed by atoms with Gasteiger partial charge < -0.3 is 0 Å². The Morgan fingerprint density at radius 3 is 2.40 bits per heavy atom. The fourth-order valence-corrected chi connectivity index (χ4v) is 4.07. The van der Waals surface area contributed by atoms with Crippen LogP contribution in [0.15, 0.2) is 42.5 Å². The largest absolute Gasteiger partial charge is 0.269 e. The van der Waals surface area contributed by atoms with Gasteiger partial charge in [0, 0.05) is 17.5 Å². The van der Waals surface area contributed by atoms with E-state index in [0.29, 0.717) is 0 Å². The van der Waals surface area contributed by atoms with E-state index in [0.717, 1.165) is 12.8 Å². The van der Waals surface area contributed by atoms with Crippen molar-refractivity contribution in [2.75, 3.05) is 0 Å². The lowest BCUT2D eigenvalue weighted by Gasteiger charge is -2.26. The van der Waals surface area contributed by atoms with E-state index < -0.39 is 0 Å². The summed E-state index contributed by atoms with van der Waals surface area (Å²) >= 11 is 0. The summed E-state index contributed by atoms with van der Waals surface area (Å²) in [5, 5.41) is 11.1. The predicted molar refractivity (Wildman–Crippen MR) is 77.8 cm³/mol. The van der Waals surface area contributed by atoms with Crippen molar-refractivity contribution in [3.63, 3.8) is 0 Å². The van der Waals surface area contributed by atoms with Crippen LogP contribution in [-0.2, 0) is 5.41 Å². The summed E-state index contributed by atoms with van der Waals surface area (Å²) in [7, 11) is 0. The number of nitro benzene ring substituents is 1. The van der Waals surface area contributed by atoms with Crippen LogP contribution in [-0.4, -0.2) is 4.92 Å². The molecule has 0 aromatic heterocycles. The number of fused-ring (bicyclic) bond motifs is 5. The summed E-state index contributed by atoms with van der Waals surface area (Å²) in [6, 6.07) is 13.8. The second-order valence-electron chi connectivity index (χ2n) is 5.82. The molecule has 1 spiro atoms. The minimum Gasteiger partial charge on any atom is -0.258 e. The van der Waals surface area contributed by atoms with Crippen molar-refractivity contribution in [2.24, 2.45) is 0 Å². The molecular formula is C17H15NO2. The molecule has 1 saturated carbocycles. The molecule has 4 rings (SSSR count). The maximum absolute atomic E-state index is 11.1. The molecule has 0 atom stereocenters. The molecule has 0 radical (unpaired) electrons. The maximum atomic E-state index is 11.1. The summed E-state index contributed by atoms with van der Waals surface area (Å²) in [6.45, 7) is 0. The fraction of sp³-hybridized carbons (Fsp3) is 0.294. The van der Waals surface area contributed by atoms with Crippen LogP contribution in [0.4, 0.5) is 5.69 Å². The third-order valence-corrected chi connectivity index (χ3v) is 4.92. The molecule has 0 amide bonds. The van der Waals surface area contributed by atoms with E-state index in [1.54, 1.807) is 12.1 Å². The van der Waals surface area contributed by atoms with Gasteiger partial charge in [0.2, 0.25) is 0 Å². The highest BCUT2D eigenvalue weighted by molar-refractivity contribution is 5.82. The lowest BCUT2D eigenvalue weighted by molar-refractivity contribution is -0.384. The zero-order valence-electron chi connectivity index (χ0n) is 11.1.